The molecule has 0 bridgehead atoms. The second-order valence-corrected chi connectivity index (χ2v) is 11.3. The third-order valence-corrected chi connectivity index (χ3v) is 8.55. The lowest BCUT2D eigenvalue weighted by atomic mass is 9.89. The van der Waals surface area contributed by atoms with Gasteiger partial charge in [-0.2, -0.15) is 4.98 Å². The van der Waals surface area contributed by atoms with Crippen LogP contribution >= 0.6 is 0 Å². The lowest BCUT2D eigenvalue weighted by Gasteiger charge is -2.36. The number of urea groups is 1. The van der Waals surface area contributed by atoms with Gasteiger partial charge in [-0.05, 0) is 88.1 Å². The molecule has 1 fully saturated rings. The minimum absolute atomic E-state index is 0.243. The van der Waals surface area contributed by atoms with Crippen LogP contribution in [0.5, 0.6) is 11.5 Å². The topological polar surface area (TPSA) is 101 Å². The van der Waals surface area contributed by atoms with Crippen molar-refractivity contribution in [1.82, 2.24) is 24.4 Å². The molecule has 0 unspecified atom stereocenters. The molecule has 1 N–H and O–H groups in total. The van der Waals surface area contributed by atoms with Gasteiger partial charge in [0.25, 0.3) is 0 Å². The molecule has 2 aliphatic rings. The smallest absolute Gasteiger partial charge is 0.336 e. The molecule has 11 heteroatoms. The molecule has 2 amide bonds. The van der Waals surface area contributed by atoms with E-state index in [4.69, 9.17) is 14.5 Å². The second-order valence-electron chi connectivity index (χ2n) is 11.3. The molecule has 11 nitrogen and oxygen atoms in total. The van der Waals surface area contributed by atoms with Gasteiger partial charge in [0.1, 0.15) is 17.3 Å². The maximum absolute atomic E-state index is 14.2. The van der Waals surface area contributed by atoms with E-state index in [1.807, 2.05) is 37.7 Å². The van der Waals surface area contributed by atoms with Crippen molar-refractivity contribution in [3.63, 3.8) is 0 Å². The van der Waals surface area contributed by atoms with Gasteiger partial charge in [-0.1, -0.05) is 6.07 Å². The minimum Gasteiger partial charge on any atom is -0.495 e. The van der Waals surface area contributed by atoms with Crippen molar-refractivity contribution >= 4 is 35.0 Å². The highest BCUT2D eigenvalue weighted by Gasteiger charge is 2.37. The third-order valence-electron chi connectivity index (χ3n) is 8.55. The lowest BCUT2D eigenvalue weighted by Crippen LogP contribution is -2.46. The van der Waals surface area contributed by atoms with Crippen LogP contribution in [0.3, 0.4) is 0 Å². The van der Waals surface area contributed by atoms with Crippen molar-refractivity contribution in [2.45, 2.75) is 39.2 Å². The molecule has 6 rings (SSSR count). The first-order valence-corrected chi connectivity index (χ1v) is 14.5. The summed E-state index contributed by atoms with van der Waals surface area (Å²) in [6, 6.07) is 9.58. The predicted molar refractivity (Wildman–Crippen MR) is 167 cm³/mol. The Morgan fingerprint density at radius 1 is 0.977 bits per heavy atom. The summed E-state index contributed by atoms with van der Waals surface area (Å²) in [5.74, 6) is 3.10. The van der Waals surface area contributed by atoms with Gasteiger partial charge in [-0.3, -0.25) is 4.90 Å². The van der Waals surface area contributed by atoms with E-state index >= 15 is 0 Å². The Labute approximate surface area is 252 Å². The SMILES string of the molecule is COc1ccc(N2C(=O)N(c3c(C)cn(C)c3C)Cc3cnc(Nc4ccc(C5CCN(C)CC5)cc4OC)nc32)nc1. The zero-order valence-corrected chi connectivity index (χ0v) is 25.6. The van der Waals surface area contributed by atoms with Gasteiger partial charge in [0.05, 0.1) is 38.3 Å². The number of rotatable bonds is 7. The van der Waals surface area contributed by atoms with E-state index in [1.54, 1.807) is 43.6 Å². The van der Waals surface area contributed by atoms with E-state index in [1.165, 1.54) is 10.5 Å². The molecule has 4 aromatic rings. The monoisotopic (exact) mass is 582 g/mol. The van der Waals surface area contributed by atoms with Gasteiger partial charge in [0.2, 0.25) is 5.95 Å². The number of amides is 2. The van der Waals surface area contributed by atoms with E-state index in [-0.39, 0.29) is 6.03 Å². The van der Waals surface area contributed by atoms with Gasteiger partial charge < -0.3 is 24.3 Å². The number of methoxy groups -OCH3 is 2. The average Bonchev–Trinajstić information content (AvgIpc) is 3.27. The van der Waals surface area contributed by atoms with Gasteiger partial charge >= 0.3 is 6.03 Å². The van der Waals surface area contributed by atoms with Gasteiger partial charge in [-0.25, -0.2) is 19.7 Å². The first-order valence-electron chi connectivity index (χ1n) is 14.5. The fourth-order valence-electron chi connectivity index (χ4n) is 6.06. The Morgan fingerprint density at radius 3 is 2.42 bits per heavy atom. The highest BCUT2D eigenvalue weighted by atomic mass is 16.5. The molecule has 2 aliphatic heterocycles. The van der Waals surface area contributed by atoms with Crippen LogP contribution in [0.1, 0.15) is 41.1 Å². The molecule has 5 heterocycles. The highest BCUT2D eigenvalue weighted by Crippen LogP contribution is 2.39. The van der Waals surface area contributed by atoms with Crippen molar-refractivity contribution in [2.24, 2.45) is 7.05 Å². The highest BCUT2D eigenvalue weighted by molar-refractivity contribution is 6.10. The van der Waals surface area contributed by atoms with Crippen molar-refractivity contribution in [3.8, 4) is 11.5 Å². The molecule has 0 saturated carbocycles. The van der Waals surface area contributed by atoms with Crippen LogP contribution in [-0.4, -0.2) is 64.8 Å². The number of hydrogen-bond donors (Lipinski definition) is 1. The van der Waals surface area contributed by atoms with E-state index in [2.05, 4.69) is 39.4 Å². The Bertz CT molecular complexity index is 1640. The molecule has 0 aliphatic carbocycles. The van der Waals surface area contributed by atoms with E-state index in [0.717, 1.165) is 59.9 Å². The van der Waals surface area contributed by atoms with Crippen LogP contribution in [-0.2, 0) is 13.6 Å². The molecule has 0 spiro atoms. The maximum Gasteiger partial charge on any atom is 0.336 e. The number of likely N-dealkylation sites (tertiary alicyclic amines) is 1. The molecule has 3 aromatic heterocycles. The van der Waals surface area contributed by atoms with Crippen molar-refractivity contribution in [1.29, 1.82) is 0 Å². The quantitative estimate of drug-likeness (QED) is 0.297. The number of hydrogen-bond acceptors (Lipinski definition) is 8. The normalized spacial score (nSPS) is 15.9. The predicted octanol–water partition coefficient (Wildman–Crippen LogP) is 5.68. The van der Waals surface area contributed by atoms with Crippen molar-refractivity contribution < 1.29 is 14.3 Å². The van der Waals surface area contributed by atoms with Crippen LogP contribution in [0, 0.1) is 13.8 Å². The van der Waals surface area contributed by atoms with Crippen LogP contribution in [0.2, 0.25) is 0 Å². The standard InChI is InChI=1S/C32H38N8O3/c1-20-18-38(4)21(2)29(20)39-19-24-16-34-31(36-30(24)40(32(39)41)28-10-8-25(42-5)17-33-28)35-26-9-7-23(15-27(26)43-6)22-11-13-37(3)14-12-22/h7-10,15-18,22H,11-14,19H2,1-6H3,(H,34,35,36). The largest absolute Gasteiger partial charge is 0.495 e. The lowest BCUT2D eigenvalue weighted by molar-refractivity contribution is 0.252. The Kier molecular flexibility index (Phi) is 7.66. The number of pyridine rings is 1. The van der Waals surface area contributed by atoms with Crippen LogP contribution in [0.4, 0.5) is 33.8 Å². The summed E-state index contributed by atoms with van der Waals surface area (Å²) < 4.78 is 13.1. The summed E-state index contributed by atoms with van der Waals surface area (Å²) >= 11 is 0. The van der Waals surface area contributed by atoms with E-state index < -0.39 is 0 Å². The number of anilines is 5. The Morgan fingerprint density at radius 2 is 1.77 bits per heavy atom. The summed E-state index contributed by atoms with van der Waals surface area (Å²) in [6.07, 6.45) is 7.65. The van der Waals surface area contributed by atoms with Crippen LogP contribution < -0.4 is 24.6 Å². The van der Waals surface area contributed by atoms with Crippen molar-refractivity contribution in [3.05, 3.63) is 71.3 Å². The van der Waals surface area contributed by atoms with Gasteiger partial charge in [-0.15, -0.1) is 0 Å². The summed E-state index contributed by atoms with van der Waals surface area (Å²) in [5, 5.41) is 3.33. The number of aryl methyl sites for hydroxylation is 2. The number of ether oxygens (including phenoxy) is 2. The number of piperidine rings is 1. The molecule has 1 aromatic carbocycles. The summed E-state index contributed by atoms with van der Waals surface area (Å²) in [4.78, 5) is 33.9. The second kappa shape index (κ2) is 11.6. The maximum atomic E-state index is 14.2. The Balaban J connectivity index is 1.36. The number of nitrogens with zero attached hydrogens (tertiary/aromatic N) is 7. The summed E-state index contributed by atoms with van der Waals surface area (Å²) in [7, 11) is 7.40. The molecular formula is C32H38N8O3. The summed E-state index contributed by atoms with van der Waals surface area (Å²) in [6.45, 7) is 6.54. The fraction of sp³-hybridized carbons (Fsp3) is 0.375. The Hall–Kier alpha value is -4.64. The molecule has 0 atom stereocenters. The number of carbonyl (C=O) groups excluding carboxylic acids is 1. The number of aromatic nitrogens is 4. The zero-order chi connectivity index (χ0) is 30.2. The van der Waals surface area contributed by atoms with E-state index in [9.17, 15) is 4.79 Å². The van der Waals surface area contributed by atoms with Gasteiger partial charge in [0.15, 0.2) is 5.82 Å². The molecule has 43 heavy (non-hydrogen) atoms. The number of fused-ring (bicyclic) bond motifs is 1. The molecule has 224 valence electrons. The first-order chi connectivity index (χ1) is 20.8. The van der Waals surface area contributed by atoms with Gasteiger partial charge in [0, 0.05) is 30.7 Å². The number of carbonyl (C=O) groups is 1. The summed E-state index contributed by atoms with van der Waals surface area (Å²) in [5.41, 5.74) is 5.70. The van der Waals surface area contributed by atoms with E-state index in [0.29, 0.717) is 35.8 Å². The number of nitrogens with one attached hydrogen (secondary N) is 1. The molecule has 0 radical (unpaired) electrons. The fourth-order valence-corrected chi connectivity index (χ4v) is 6.06. The third kappa shape index (κ3) is 5.36. The zero-order valence-electron chi connectivity index (χ0n) is 25.6. The molecule has 1 saturated heterocycles. The first kappa shape index (κ1) is 28.5. The van der Waals surface area contributed by atoms with Crippen LogP contribution in [0.15, 0.2) is 48.9 Å². The average molecular weight is 583 g/mol. The minimum atomic E-state index is -0.243. The van der Waals surface area contributed by atoms with Crippen molar-refractivity contribution in [2.75, 3.05) is 49.5 Å². The van der Waals surface area contributed by atoms with Crippen LogP contribution in [0.25, 0.3) is 0 Å². The number of benzene rings is 1. The molecular weight excluding hydrogens is 544 g/mol.